The molecule has 0 spiro atoms. The number of rotatable bonds is 3. The van der Waals surface area contributed by atoms with E-state index in [9.17, 15) is 0 Å². The van der Waals surface area contributed by atoms with Crippen LogP contribution in [0.2, 0.25) is 5.02 Å². The van der Waals surface area contributed by atoms with Crippen molar-refractivity contribution in [1.82, 2.24) is 4.98 Å². The molecule has 3 heteroatoms. The first-order valence-electron chi connectivity index (χ1n) is 3.29. The highest BCUT2D eigenvalue weighted by atomic mass is 35.5. The number of hydrogen-bond acceptors (Lipinski definition) is 2. The number of hydrogen-bond donors (Lipinski definition) is 1. The molecule has 0 aliphatic rings. The molecule has 0 fully saturated rings. The van der Waals surface area contributed by atoms with Crippen LogP contribution >= 0.6 is 11.6 Å². The molecule has 0 radical (unpaired) electrons. The standard InChI is InChI=1S/C8H9ClN2/c1-2-4-11-8-3-5-10-6-7(8)9/h2-3,5-6H,1,4H2,(H,10,11). The Bertz CT molecular complexity index is 248. The van der Waals surface area contributed by atoms with Gasteiger partial charge in [-0.1, -0.05) is 17.7 Å². The first-order valence-corrected chi connectivity index (χ1v) is 3.66. The summed E-state index contributed by atoms with van der Waals surface area (Å²) in [5.74, 6) is 0. The Balaban J connectivity index is 2.69. The van der Waals surface area contributed by atoms with E-state index in [1.807, 2.05) is 6.07 Å². The topological polar surface area (TPSA) is 24.9 Å². The summed E-state index contributed by atoms with van der Waals surface area (Å²) in [6, 6.07) is 1.83. The maximum absolute atomic E-state index is 5.80. The lowest BCUT2D eigenvalue weighted by atomic mass is 10.4. The molecule has 1 heterocycles. The third-order valence-electron chi connectivity index (χ3n) is 1.21. The smallest absolute Gasteiger partial charge is 0.0820 e. The SMILES string of the molecule is C=CCNc1ccncc1Cl. The average Bonchev–Trinajstić information content (AvgIpc) is 2.03. The molecule has 0 aliphatic carbocycles. The highest BCUT2D eigenvalue weighted by molar-refractivity contribution is 6.33. The molecule has 0 aromatic carbocycles. The summed E-state index contributed by atoms with van der Waals surface area (Å²) in [7, 11) is 0. The molecule has 1 N–H and O–H groups in total. The number of nitrogens with zero attached hydrogens (tertiary/aromatic N) is 1. The second-order valence-corrected chi connectivity index (χ2v) is 2.43. The fourth-order valence-corrected chi connectivity index (χ4v) is 0.887. The fourth-order valence-electron chi connectivity index (χ4n) is 0.701. The van der Waals surface area contributed by atoms with Gasteiger partial charge >= 0.3 is 0 Å². The van der Waals surface area contributed by atoms with Crippen molar-refractivity contribution < 1.29 is 0 Å². The monoisotopic (exact) mass is 168 g/mol. The van der Waals surface area contributed by atoms with Crippen LogP contribution in [-0.4, -0.2) is 11.5 Å². The van der Waals surface area contributed by atoms with Crippen LogP contribution in [0.5, 0.6) is 0 Å². The Kier molecular flexibility index (Phi) is 2.93. The van der Waals surface area contributed by atoms with E-state index in [2.05, 4.69) is 16.9 Å². The Morgan fingerprint density at radius 1 is 1.73 bits per heavy atom. The van der Waals surface area contributed by atoms with Crippen molar-refractivity contribution >= 4 is 17.3 Å². The third-order valence-corrected chi connectivity index (χ3v) is 1.51. The van der Waals surface area contributed by atoms with E-state index in [0.717, 1.165) is 5.69 Å². The largest absolute Gasteiger partial charge is 0.380 e. The molecule has 11 heavy (non-hydrogen) atoms. The van der Waals surface area contributed by atoms with Gasteiger partial charge in [-0.15, -0.1) is 6.58 Å². The number of aromatic nitrogens is 1. The minimum absolute atomic E-state index is 0.634. The number of halogens is 1. The van der Waals surface area contributed by atoms with Crippen molar-refractivity contribution in [3.8, 4) is 0 Å². The highest BCUT2D eigenvalue weighted by Crippen LogP contribution is 2.18. The lowest BCUT2D eigenvalue weighted by Gasteiger charge is -2.03. The Labute approximate surface area is 70.9 Å². The average molecular weight is 169 g/mol. The lowest BCUT2D eigenvalue weighted by molar-refractivity contribution is 1.28. The van der Waals surface area contributed by atoms with Crippen molar-refractivity contribution in [3.05, 3.63) is 36.1 Å². The molecule has 0 saturated heterocycles. The van der Waals surface area contributed by atoms with Gasteiger partial charge in [0.15, 0.2) is 0 Å². The summed E-state index contributed by atoms with van der Waals surface area (Å²) in [5.41, 5.74) is 0.890. The molecule has 0 bridgehead atoms. The highest BCUT2D eigenvalue weighted by Gasteiger charge is 1.94. The van der Waals surface area contributed by atoms with E-state index in [0.29, 0.717) is 11.6 Å². The van der Waals surface area contributed by atoms with E-state index in [4.69, 9.17) is 11.6 Å². The van der Waals surface area contributed by atoms with Crippen LogP contribution in [0.1, 0.15) is 0 Å². The van der Waals surface area contributed by atoms with Gasteiger partial charge in [-0.2, -0.15) is 0 Å². The van der Waals surface area contributed by atoms with Crippen LogP contribution in [-0.2, 0) is 0 Å². The van der Waals surface area contributed by atoms with Crippen molar-refractivity contribution in [2.75, 3.05) is 11.9 Å². The Morgan fingerprint density at radius 3 is 3.18 bits per heavy atom. The molecular weight excluding hydrogens is 160 g/mol. The second-order valence-electron chi connectivity index (χ2n) is 2.03. The molecule has 0 aliphatic heterocycles. The molecule has 1 rings (SSSR count). The van der Waals surface area contributed by atoms with Gasteiger partial charge in [-0.05, 0) is 6.07 Å². The minimum Gasteiger partial charge on any atom is -0.380 e. The number of nitrogens with one attached hydrogen (secondary N) is 1. The summed E-state index contributed by atoms with van der Waals surface area (Å²) in [6.07, 6.45) is 5.07. The van der Waals surface area contributed by atoms with Crippen molar-refractivity contribution in [1.29, 1.82) is 0 Å². The molecular formula is C8H9ClN2. The summed E-state index contributed by atoms with van der Waals surface area (Å²) in [4.78, 5) is 3.86. The maximum atomic E-state index is 5.80. The van der Waals surface area contributed by atoms with Gasteiger partial charge in [0.05, 0.1) is 10.7 Å². The van der Waals surface area contributed by atoms with Crippen LogP contribution < -0.4 is 5.32 Å². The zero-order valence-electron chi connectivity index (χ0n) is 6.05. The normalized spacial score (nSPS) is 9.18. The zero-order chi connectivity index (χ0) is 8.10. The summed E-state index contributed by atoms with van der Waals surface area (Å²) in [6.45, 7) is 4.30. The molecule has 0 atom stereocenters. The molecule has 1 aromatic heterocycles. The Morgan fingerprint density at radius 2 is 2.55 bits per heavy atom. The van der Waals surface area contributed by atoms with Gasteiger partial charge < -0.3 is 5.32 Å². The predicted octanol–water partition coefficient (Wildman–Crippen LogP) is 2.33. The number of pyridine rings is 1. The first-order chi connectivity index (χ1) is 5.34. The molecule has 2 nitrogen and oxygen atoms in total. The third kappa shape index (κ3) is 2.24. The predicted molar refractivity (Wildman–Crippen MR) is 47.9 cm³/mol. The number of anilines is 1. The zero-order valence-corrected chi connectivity index (χ0v) is 6.80. The second kappa shape index (κ2) is 3.98. The lowest BCUT2D eigenvalue weighted by Crippen LogP contribution is -1.97. The van der Waals surface area contributed by atoms with Crippen molar-refractivity contribution in [3.63, 3.8) is 0 Å². The molecule has 0 unspecified atom stereocenters. The van der Waals surface area contributed by atoms with Crippen LogP contribution in [0.25, 0.3) is 0 Å². The molecule has 58 valence electrons. The molecule has 1 aromatic rings. The maximum Gasteiger partial charge on any atom is 0.0820 e. The van der Waals surface area contributed by atoms with E-state index >= 15 is 0 Å². The summed E-state index contributed by atoms with van der Waals surface area (Å²) in [5, 5.41) is 3.71. The molecule has 0 saturated carbocycles. The van der Waals surface area contributed by atoms with E-state index in [-0.39, 0.29) is 0 Å². The van der Waals surface area contributed by atoms with Gasteiger partial charge in [0.1, 0.15) is 0 Å². The van der Waals surface area contributed by atoms with Gasteiger partial charge in [0.2, 0.25) is 0 Å². The summed E-state index contributed by atoms with van der Waals surface area (Å²) >= 11 is 5.80. The van der Waals surface area contributed by atoms with E-state index in [1.54, 1.807) is 18.5 Å². The quantitative estimate of drug-likeness (QED) is 0.701. The first kappa shape index (κ1) is 8.08. The van der Waals surface area contributed by atoms with E-state index < -0.39 is 0 Å². The van der Waals surface area contributed by atoms with Gasteiger partial charge in [-0.3, -0.25) is 4.98 Å². The summed E-state index contributed by atoms with van der Waals surface area (Å²) < 4.78 is 0. The fraction of sp³-hybridized carbons (Fsp3) is 0.125. The van der Waals surface area contributed by atoms with Crippen molar-refractivity contribution in [2.24, 2.45) is 0 Å². The van der Waals surface area contributed by atoms with Crippen LogP contribution in [0, 0.1) is 0 Å². The van der Waals surface area contributed by atoms with E-state index in [1.165, 1.54) is 0 Å². The van der Waals surface area contributed by atoms with Gasteiger partial charge in [0, 0.05) is 18.9 Å². The minimum atomic E-state index is 0.634. The Hall–Kier alpha value is -1.02. The van der Waals surface area contributed by atoms with Gasteiger partial charge in [0.25, 0.3) is 0 Å². The van der Waals surface area contributed by atoms with Crippen LogP contribution in [0.4, 0.5) is 5.69 Å². The van der Waals surface area contributed by atoms with Crippen LogP contribution in [0.15, 0.2) is 31.1 Å². The van der Waals surface area contributed by atoms with Crippen molar-refractivity contribution in [2.45, 2.75) is 0 Å². The van der Waals surface area contributed by atoms with Crippen LogP contribution in [0.3, 0.4) is 0 Å². The van der Waals surface area contributed by atoms with Gasteiger partial charge in [-0.25, -0.2) is 0 Å². The molecule has 0 amide bonds.